The van der Waals surface area contributed by atoms with Gasteiger partial charge in [0.05, 0.1) is 12.1 Å². The molecule has 0 spiro atoms. The van der Waals surface area contributed by atoms with Crippen LogP contribution in [0.2, 0.25) is 0 Å². The van der Waals surface area contributed by atoms with Gasteiger partial charge in [0.25, 0.3) is 0 Å². The van der Waals surface area contributed by atoms with Gasteiger partial charge in [0.1, 0.15) is 5.82 Å². The Hall–Kier alpha value is -1.05. The summed E-state index contributed by atoms with van der Waals surface area (Å²) in [5.41, 5.74) is -0.700. The normalized spacial score (nSPS) is 18.9. The lowest BCUT2D eigenvalue weighted by atomic mass is 10.1. The minimum atomic E-state index is -2.54. The van der Waals surface area contributed by atoms with Crippen molar-refractivity contribution in [1.29, 1.82) is 0 Å². The maximum absolute atomic E-state index is 12.7. The zero-order chi connectivity index (χ0) is 14.8. The predicted octanol–water partition coefficient (Wildman–Crippen LogP) is 1.17. The van der Waals surface area contributed by atoms with Gasteiger partial charge >= 0.3 is 6.55 Å². The highest BCUT2D eigenvalue weighted by atomic mass is 19.3. The number of hydrogen-bond acceptors (Lipinski definition) is 4. The van der Waals surface area contributed by atoms with Gasteiger partial charge in [0.2, 0.25) is 0 Å². The van der Waals surface area contributed by atoms with Gasteiger partial charge in [-0.1, -0.05) is 0 Å². The van der Waals surface area contributed by atoms with E-state index in [9.17, 15) is 13.9 Å². The fraction of sp³-hybridized carbons (Fsp3) is 0.769. The minimum Gasteiger partial charge on any atom is -0.389 e. The number of nitrogens with zero attached hydrogens (tertiary/aromatic N) is 4. The average molecular weight is 288 g/mol. The molecule has 5 nitrogen and oxygen atoms in total. The smallest absolute Gasteiger partial charge is 0.319 e. The molecular weight excluding hydrogens is 266 g/mol. The molecule has 1 N–H and O–H groups in total. The zero-order valence-electron chi connectivity index (χ0n) is 12.0. The summed E-state index contributed by atoms with van der Waals surface area (Å²) in [6.45, 7) is 5.37. The van der Waals surface area contributed by atoms with Gasteiger partial charge < -0.3 is 5.11 Å². The molecule has 0 atom stereocenters. The second-order valence-corrected chi connectivity index (χ2v) is 5.89. The number of piperazine rings is 1. The van der Waals surface area contributed by atoms with Crippen LogP contribution < -0.4 is 0 Å². The van der Waals surface area contributed by atoms with E-state index in [1.165, 1.54) is 12.4 Å². The monoisotopic (exact) mass is 288 g/mol. The maximum Gasteiger partial charge on any atom is 0.319 e. The van der Waals surface area contributed by atoms with Crippen LogP contribution in [0.3, 0.4) is 0 Å². The largest absolute Gasteiger partial charge is 0.389 e. The summed E-state index contributed by atoms with van der Waals surface area (Å²) in [7, 11) is 0. The van der Waals surface area contributed by atoms with Crippen LogP contribution in [0.5, 0.6) is 0 Å². The first-order valence-corrected chi connectivity index (χ1v) is 6.82. The molecule has 20 heavy (non-hydrogen) atoms. The molecule has 1 fully saturated rings. The molecule has 0 aromatic carbocycles. The Kier molecular flexibility index (Phi) is 4.72. The van der Waals surface area contributed by atoms with Crippen LogP contribution in [-0.4, -0.2) is 62.8 Å². The van der Waals surface area contributed by atoms with E-state index in [1.807, 2.05) is 0 Å². The Morgan fingerprint density at radius 1 is 1.25 bits per heavy atom. The Bertz CT molecular complexity index is 422. The molecule has 0 amide bonds. The van der Waals surface area contributed by atoms with Crippen LogP contribution in [0.15, 0.2) is 12.4 Å². The molecule has 1 aromatic heterocycles. The third-order valence-corrected chi connectivity index (χ3v) is 3.40. The summed E-state index contributed by atoms with van der Waals surface area (Å²) < 4.78 is 26.4. The van der Waals surface area contributed by atoms with Crippen LogP contribution in [0.25, 0.3) is 0 Å². The van der Waals surface area contributed by atoms with Crippen molar-refractivity contribution in [3.8, 4) is 0 Å². The SMILES string of the molecule is CC(C)(O)CN1CCN(Cc2nccn2C(F)F)CC1. The van der Waals surface area contributed by atoms with Crippen LogP contribution in [0, 0.1) is 0 Å². The van der Waals surface area contributed by atoms with Crippen LogP contribution in [0.1, 0.15) is 26.2 Å². The van der Waals surface area contributed by atoms with Crippen molar-refractivity contribution >= 4 is 0 Å². The molecule has 7 heteroatoms. The van der Waals surface area contributed by atoms with Crippen LogP contribution >= 0.6 is 0 Å². The van der Waals surface area contributed by atoms with E-state index >= 15 is 0 Å². The molecular formula is C13H22F2N4O. The molecule has 0 aliphatic carbocycles. The summed E-state index contributed by atoms with van der Waals surface area (Å²) in [5.74, 6) is 0.399. The Morgan fingerprint density at radius 2 is 1.85 bits per heavy atom. The Morgan fingerprint density at radius 3 is 2.40 bits per heavy atom. The third-order valence-electron chi connectivity index (χ3n) is 3.40. The molecule has 1 aliphatic rings. The molecule has 2 heterocycles. The maximum atomic E-state index is 12.7. The zero-order valence-corrected chi connectivity index (χ0v) is 12.0. The molecule has 114 valence electrons. The second kappa shape index (κ2) is 6.15. The quantitative estimate of drug-likeness (QED) is 0.883. The van der Waals surface area contributed by atoms with Crippen LogP contribution in [-0.2, 0) is 6.54 Å². The lowest BCUT2D eigenvalue weighted by Crippen LogP contribution is -2.50. The highest BCUT2D eigenvalue weighted by Crippen LogP contribution is 2.15. The van der Waals surface area contributed by atoms with Gasteiger partial charge in [-0.05, 0) is 13.8 Å². The van der Waals surface area contributed by atoms with E-state index in [4.69, 9.17) is 0 Å². The molecule has 1 saturated heterocycles. The van der Waals surface area contributed by atoms with Gasteiger partial charge in [-0.2, -0.15) is 8.78 Å². The molecule has 0 radical (unpaired) electrons. The number of β-amino-alcohol motifs (C(OH)–C–C–N with tert-alkyl or cyclic N) is 1. The van der Waals surface area contributed by atoms with Gasteiger partial charge in [0.15, 0.2) is 0 Å². The van der Waals surface area contributed by atoms with Crippen molar-refractivity contribution in [2.45, 2.75) is 32.5 Å². The topological polar surface area (TPSA) is 44.5 Å². The lowest BCUT2D eigenvalue weighted by molar-refractivity contribution is 0.0147. The number of rotatable bonds is 5. The van der Waals surface area contributed by atoms with Gasteiger partial charge in [-0.25, -0.2) is 4.98 Å². The highest BCUT2D eigenvalue weighted by molar-refractivity contribution is 4.93. The summed E-state index contributed by atoms with van der Waals surface area (Å²) in [6, 6.07) is 0. The standard InChI is InChI=1S/C13H22F2N4O/c1-13(2,20)10-18-7-5-17(6-8-18)9-11-16-3-4-19(11)12(14)15/h3-4,12,20H,5-10H2,1-2H3. The molecule has 0 unspecified atom stereocenters. The van der Waals surface area contributed by atoms with Gasteiger partial charge in [-0.3, -0.25) is 14.4 Å². The number of hydrogen-bond donors (Lipinski definition) is 1. The number of halogens is 2. The Labute approximate surface area is 117 Å². The second-order valence-electron chi connectivity index (χ2n) is 5.89. The number of imidazole rings is 1. The van der Waals surface area contributed by atoms with E-state index in [1.54, 1.807) is 13.8 Å². The first kappa shape index (κ1) is 15.3. The van der Waals surface area contributed by atoms with Gasteiger partial charge in [0, 0.05) is 45.1 Å². The van der Waals surface area contributed by atoms with Crippen molar-refractivity contribution in [3.05, 3.63) is 18.2 Å². The summed E-state index contributed by atoms with van der Waals surface area (Å²) in [6.07, 6.45) is 2.72. The predicted molar refractivity (Wildman–Crippen MR) is 71.5 cm³/mol. The summed E-state index contributed by atoms with van der Waals surface area (Å²) in [4.78, 5) is 8.30. The number of alkyl halides is 2. The van der Waals surface area contributed by atoms with Crippen molar-refractivity contribution in [2.75, 3.05) is 32.7 Å². The van der Waals surface area contributed by atoms with E-state index in [0.717, 1.165) is 30.7 Å². The van der Waals surface area contributed by atoms with Crippen molar-refractivity contribution < 1.29 is 13.9 Å². The fourth-order valence-corrected chi connectivity index (χ4v) is 2.50. The van der Waals surface area contributed by atoms with E-state index in [-0.39, 0.29) is 0 Å². The van der Waals surface area contributed by atoms with E-state index in [0.29, 0.717) is 18.9 Å². The minimum absolute atomic E-state index is 0.399. The molecule has 0 bridgehead atoms. The molecule has 1 aromatic rings. The van der Waals surface area contributed by atoms with Crippen molar-refractivity contribution in [3.63, 3.8) is 0 Å². The van der Waals surface area contributed by atoms with Crippen molar-refractivity contribution in [2.24, 2.45) is 0 Å². The number of aromatic nitrogens is 2. The average Bonchev–Trinajstić information content (AvgIpc) is 2.78. The van der Waals surface area contributed by atoms with Gasteiger partial charge in [-0.15, -0.1) is 0 Å². The third kappa shape index (κ3) is 4.22. The lowest BCUT2D eigenvalue weighted by Gasteiger charge is -2.37. The van der Waals surface area contributed by atoms with E-state index in [2.05, 4.69) is 14.8 Å². The first-order valence-electron chi connectivity index (χ1n) is 6.82. The molecule has 0 saturated carbocycles. The summed E-state index contributed by atoms with van der Waals surface area (Å²) in [5, 5.41) is 9.79. The number of aliphatic hydroxyl groups is 1. The van der Waals surface area contributed by atoms with Crippen LogP contribution in [0.4, 0.5) is 8.78 Å². The van der Waals surface area contributed by atoms with E-state index < -0.39 is 12.2 Å². The Balaban J connectivity index is 1.84. The molecule has 2 rings (SSSR count). The fourth-order valence-electron chi connectivity index (χ4n) is 2.50. The molecule has 1 aliphatic heterocycles. The highest BCUT2D eigenvalue weighted by Gasteiger charge is 2.23. The van der Waals surface area contributed by atoms with Crippen molar-refractivity contribution in [1.82, 2.24) is 19.4 Å². The summed E-state index contributed by atoms with van der Waals surface area (Å²) >= 11 is 0. The first-order chi connectivity index (χ1) is 9.35.